The van der Waals surface area contributed by atoms with Crippen LogP contribution in [0.4, 0.5) is 11.6 Å². The second-order valence-corrected chi connectivity index (χ2v) is 11.1. The molecular formula is C29H35N7O2. The Bertz CT molecular complexity index is 1530. The van der Waals surface area contributed by atoms with Crippen molar-refractivity contribution in [2.45, 2.75) is 71.1 Å². The van der Waals surface area contributed by atoms with E-state index in [1.807, 2.05) is 22.9 Å². The van der Waals surface area contributed by atoms with E-state index in [1.54, 1.807) is 30.8 Å². The van der Waals surface area contributed by atoms with Gasteiger partial charge in [-0.3, -0.25) is 4.79 Å². The second kappa shape index (κ2) is 9.96. The predicted molar refractivity (Wildman–Crippen MR) is 148 cm³/mol. The molecule has 0 radical (unpaired) electrons. The van der Waals surface area contributed by atoms with Crippen LogP contribution in [0.3, 0.4) is 0 Å². The van der Waals surface area contributed by atoms with E-state index in [2.05, 4.69) is 27.8 Å². The third-order valence-corrected chi connectivity index (χ3v) is 7.76. The Hall–Kier alpha value is -3.56. The molecule has 1 aliphatic carbocycles. The molecule has 1 fully saturated rings. The van der Waals surface area contributed by atoms with Gasteiger partial charge in [-0.25, -0.2) is 19.3 Å². The Morgan fingerprint density at radius 2 is 1.95 bits per heavy atom. The summed E-state index contributed by atoms with van der Waals surface area (Å²) in [5.74, 6) is 1.40. The molecule has 4 aromatic rings. The first kappa shape index (κ1) is 24.8. The minimum atomic E-state index is -1.11. The zero-order chi connectivity index (χ0) is 26.3. The molecule has 0 unspecified atom stereocenters. The minimum absolute atomic E-state index is 0.118. The van der Waals surface area contributed by atoms with Gasteiger partial charge in [-0.1, -0.05) is 31.4 Å². The van der Waals surface area contributed by atoms with E-state index in [4.69, 9.17) is 9.97 Å². The molecule has 0 atom stereocenters. The third kappa shape index (κ3) is 4.83. The minimum Gasteiger partial charge on any atom is -0.384 e. The van der Waals surface area contributed by atoms with Crippen LogP contribution in [-0.2, 0) is 25.1 Å². The van der Waals surface area contributed by atoms with Crippen LogP contribution in [0, 0.1) is 5.92 Å². The Morgan fingerprint density at radius 3 is 2.76 bits per heavy atom. The number of hydrogen-bond donors (Lipinski definition) is 3. The molecule has 0 amide bonds. The summed E-state index contributed by atoms with van der Waals surface area (Å²) < 4.78 is 3.57. The quantitative estimate of drug-likeness (QED) is 0.355. The van der Waals surface area contributed by atoms with Crippen molar-refractivity contribution >= 4 is 22.7 Å². The highest BCUT2D eigenvalue weighted by molar-refractivity contribution is 5.77. The number of aromatic nitrogens is 5. The molecule has 1 aromatic carbocycles. The molecule has 1 saturated carbocycles. The summed E-state index contributed by atoms with van der Waals surface area (Å²) in [4.78, 5) is 27.8. The van der Waals surface area contributed by atoms with E-state index in [9.17, 15) is 9.90 Å². The summed E-state index contributed by atoms with van der Waals surface area (Å²) in [6.45, 7) is 5.86. The SMILES string of the molecule is CC(C)(O)c1cccc(-n2c3nc(Nc4ccc5c(c4)CNCC5)ncc3c(=O)n2CC2CCCCC2)n1. The lowest BCUT2D eigenvalue weighted by Gasteiger charge is -2.23. The maximum Gasteiger partial charge on any atom is 0.278 e. The average Bonchev–Trinajstić information content (AvgIpc) is 3.19. The molecule has 3 N–H and O–H groups in total. The van der Waals surface area contributed by atoms with Gasteiger partial charge in [0.25, 0.3) is 5.56 Å². The van der Waals surface area contributed by atoms with Gasteiger partial charge in [0, 0.05) is 25.0 Å². The van der Waals surface area contributed by atoms with Gasteiger partial charge >= 0.3 is 0 Å². The van der Waals surface area contributed by atoms with E-state index in [1.165, 1.54) is 30.4 Å². The zero-order valence-corrected chi connectivity index (χ0v) is 22.1. The van der Waals surface area contributed by atoms with Gasteiger partial charge < -0.3 is 15.7 Å². The number of rotatable bonds is 6. The van der Waals surface area contributed by atoms with E-state index in [-0.39, 0.29) is 5.56 Å². The molecular weight excluding hydrogens is 478 g/mol. The number of hydrogen-bond acceptors (Lipinski definition) is 7. The largest absolute Gasteiger partial charge is 0.384 e. The van der Waals surface area contributed by atoms with Crippen molar-refractivity contribution in [3.8, 4) is 5.82 Å². The fourth-order valence-electron chi connectivity index (χ4n) is 5.67. The third-order valence-electron chi connectivity index (χ3n) is 7.76. The summed E-state index contributed by atoms with van der Waals surface area (Å²) in [7, 11) is 0. The molecule has 2 aliphatic rings. The van der Waals surface area contributed by atoms with Crippen molar-refractivity contribution in [2.24, 2.45) is 5.92 Å². The Balaban J connectivity index is 1.45. The molecule has 1 aliphatic heterocycles. The van der Waals surface area contributed by atoms with Gasteiger partial charge in [-0.05, 0) is 81.0 Å². The Morgan fingerprint density at radius 1 is 1.11 bits per heavy atom. The van der Waals surface area contributed by atoms with Crippen LogP contribution in [0.25, 0.3) is 16.9 Å². The first-order chi connectivity index (χ1) is 18.4. The summed E-state index contributed by atoms with van der Waals surface area (Å²) in [6, 6.07) is 11.8. The van der Waals surface area contributed by atoms with Crippen molar-refractivity contribution in [2.75, 3.05) is 11.9 Å². The highest BCUT2D eigenvalue weighted by Crippen LogP contribution is 2.27. The number of nitrogens with zero attached hydrogens (tertiary/aromatic N) is 5. The summed E-state index contributed by atoms with van der Waals surface area (Å²) in [5, 5.41) is 17.8. The van der Waals surface area contributed by atoms with Crippen molar-refractivity contribution in [3.63, 3.8) is 0 Å². The molecule has 9 heteroatoms. The molecule has 0 saturated heterocycles. The first-order valence-electron chi connectivity index (χ1n) is 13.7. The maximum absolute atomic E-state index is 13.7. The summed E-state index contributed by atoms with van der Waals surface area (Å²) in [5.41, 5.74) is 3.34. The molecule has 38 heavy (non-hydrogen) atoms. The summed E-state index contributed by atoms with van der Waals surface area (Å²) in [6.07, 6.45) is 8.49. The van der Waals surface area contributed by atoms with E-state index >= 15 is 0 Å². The molecule has 0 spiro atoms. The normalized spacial score (nSPS) is 16.5. The van der Waals surface area contributed by atoms with Crippen LogP contribution in [0.15, 0.2) is 47.4 Å². The molecule has 198 valence electrons. The average molecular weight is 514 g/mol. The topological polar surface area (TPSA) is 110 Å². The number of nitrogens with one attached hydrogen (secondary N) is 2. The number of fused-ring (bicyclic) bond motifs is 2. The fourth-order valence-corrected chi connectivity index (χ4v) is 5.67. The Labute approximate surface area is 221 Å². The number of benzene rings is 1. The second-order valence-electron chi connectivity index (χ2n) is 11.1. The lowest BCUT2D eigenvalue weighted by atomic mass is 9.89. The van der Waals surface area contributed by atoms with Gasteiger partial charge in [0.2, 0.25) is 5.95 Å². The highest BCUT2D eigenvalue weighted by Gasteiger charge is 2.24. The van der Waals surface area contributed by atoms with Crippen LogP contribution < -0.4 is 16.2 Å². The monoisotopic (exact) mass is 513 g/mol. The van der Waals surface area contributed by atoms with E-state index < -0.39 is 5.60 Å². The van der Waals surface area contributed by atoms with Gasteiger partial charge in [-0.2, -0.15) is 4.98 Å². The predicted octanol–water partition coefficient (Wildman–Crippen LogP) is 4.17. The summed E-state index contributed by atoms with van der Waals surface area (Å²) >= 11 is 0. The van der Waals surface area contributed by atoms with Crippen molar-refractivity contribution in [1.82, 2.24) is 29.6 Å². The fraction of sp³-hybridized carbons (Fsp3) is 0.448. The van der Waals surface area contributed by atoms with Gasteiger partial charge in [0.15, 0.2) is 11.5 Å². The van der Waals surface area contributed by atoms with Gasteiger partial charge in [-0.15, -0.1) is 0 Å². The molecule has 6 rings (SSSR count). The molecule has 3 aromatic heterocycles. The first-order valence-corrected chi connectivity index (χ1v) is 13.7. The number of pyridine rings is 1. The van der Waals surface area contributed by atoms with Gasteiger partial charge in [0.05, 0.1) is 5.69 Å². The van der Waals surface area contributed by atoms with Gasteiger partial charge in [0.1, 0.15) is 11.0 Å². The van der Waals surface area contributed by atoms with Crippen molar-refractivity contribution < 1.29 is 5.11 Å². The highest BCUT2D eigenvalue weighted by atomic mass is 16.3. The van der Waals surface area contributed by atoms with Crippen molar-refractivity contribution in [1.29, 1.82) is 0 Å². The lowest BCUT2D eigenvalue weighted by Crippen LogP contribution is -2.28. The lowest BCUT2D eigenvalue weighted by molar-refractivity contribution is 0.0737. The van der Waals surface area contributed by atoms with Crippen LogP contribution in [0.1, 0.15) is 62.8 Å². The van der Waals surface area contributed by atoms with E-state index in [0.29, 0.717) is 41.0 Å². The maximum atomic E-state index is 13.7. The van der Waals surface area contributed by atoms with Crippen LogP contribution >= 0.6 is 0 Å². The Kier molecular flexibility index (Phi) is 6.49. The van der Waals surface area contributed by atoms with Crippen LogP contribution in [0.5, 0.6) is 0 Å². The number of anilines is 2. The smallest absolute Gasteiger partial charge is 0.278 e. The molecule has 4 heterocycles. The molecule has 0 bridgehead atoms. The standard InChI is InChI=1S/C29H35N7O2/c1-29(2,38)24-9-6-10-25(33-24)36-26-23(27(37)35(36)18-19-7-4-3-5-8-19)17-31-28(34-26)32-22-12-11-20-13-14-30-16-21(20)15-22/h6,9-12,15,17,19,30,38H,3-5,7-8,13-14,16,18H2,1-2H3,(H,31,32,34). The van der Waals surface area contributed by atoms with Crippen molar-refractivity contribution in [3.05, 3.63) is 69.8 Å². The number of aliphatic hydroxyl groups is 1. The van der Waals surface area contributed by atoms with E-state index in [0.717, 1.165) is 38.0 Å². The molecule has 9 nitrogen and oxygen atoms in total. The van der Waals surface area contributed by atoms with Crippen LogP contribution in [-0.4, -0.2) is 36.0 Å². The zero-order valence-electron chi connectivity index (χ0n) is 22.1. The van der Waals surface area contributed by atoms with Crippen LogP contribution in [0.2, 0.25) is 0 Å².